The Kier molecular flexibility index (Phi) is 6.74. The van der Waals surface area contributed by atoms with E-state index in [0.29, 0.717) is 37.4 Å². The van der Waals surface area contributed by atoms with Crippen LogP contribution < -0.4 is 5.32 Å². The summed E-state index contributed by atoms with van der Waals surface area (Å²) in [6, 6.07) is 5.39. The molecule has 1 N–H and O–H groups in total. The number of nitrogens with one attached hydrogen (secondary N) is 1. The molecule has 0 bridgehead atoms. The fourth-order valence-corrected chi connectivity index (χ4v) is 5.51. The molecule has 1 aromatic carbocycles. The molecule has 1 saturated heterocycles. The standard InChI is InChI=1S/C21H30N4O3S/c1-16-6-7-20(17(2)13-16)29(27,28)25-11-8-19(9-12-25)21(26)22-10-4-5-18-14-23-24(3)15-18/h6-7,13-15,19H,4-5,8-12H2,1-3H3,(H,22,26). The van der Waals surface area contributed by atoms with Gasteiger partial charge in [-0.15, -0.1) is 0 Å². The first-order valence-electron chi connectivity index (χ1n) is 10.1. The van der Waals surface area contributed by atoms with Crippen molar-refractivity contribution in [3.8, 4) is 0 Å². The van der Waals surface area contributed by atoms with E-state index in [1.165, 1.54) is 4.31 Å². The molecule has 7 nitrogen and oxygen atoms in total. The summed E-state index contributed by atoms with van der Waals surface area (Å²) in [5.74, 6) is -0.0984. The number of hydrogen-bond acceptors (Lipinski definition) is 4. The van der Waals surface area contributed by atoms with E-state index in [0.717, 1.165) is 29.5 Å². The summed E-state index contributed by atoms with van der Waals surface area (Å²) in [6.07, 6.45) is 6.66. The maximum atomic E-state index is 13.0. The van der Waals surface area contributed by atoms with Crippen molar-refractivity contribution >= 4 is 15.9 Å². The zero-order valence-corrected chi connectivity index (χ0v) is 18.2. The summed E-state index contributed by atoms with van der Waals surface area (Å²) in [4.78, 5) is 12.8. The van der Waals surface area contributed by atoms with E-state index < -0.39 is 10.0 Å². The van der Waals surface area contributed by atoms with Crippen molar-refractivity contribution in [2.45, 2.75) is 44.4 Å². The molecule has 1 aliphatic heterocycles. The molecule has 1 aliphatic rings. The molecule has 0 unspecified atom stereocenters. The van der Waals surface area contributed by atoms with Gasteiger partial charge in [-0.25, -0.2) is 8.42 Å². The predicted molar refractivity (Wildman–Crippen MR) is 112 cm³/mol. The van der Waals surface area contributed by atoms with Crippen LogP contribution in [0.5, 0.6) is 0 Å². The second-order valence-electron chi connectivity index (χ2n) is 7.86. The van der Waals surface area contributed by atoms with E-state index in [1.54, 1.807) is 10.7 Å². The summed E-state index contributed by atoms with van der Waals surface area (Å²) >= 11 is 0. The van der Waals surface area contributed by atoms with Gasteiger partial charge in [0.25, 0.3) is 0 Å². The molecule has 0 atom stereocenters. The molecule has 0 radical (unpaired) electrons. The minimum absolute atomic E-state index is 0.0275. The van der Waals surface area contributed by atoms with E-state index in [2.05, 4.69) is 10.4 Å². The average Bonchev–Trinajstić information content (AvgIpc) is 3.10. The number of carbonyl (C=O) groups excluding carboxylic acids is 1. The highest BCUT2D eigenvalue weighted by Gasteiger charge is 2.32. The van der Waals surface area contributed by atoms with Gasteiger partial charge in [0.05, 0.1) is 11.1 Å². The van der Waals surface area contributed by atoms with Crippen LogP contribution in [0.2, 0.25) is 0 Å². The molecule has 8 heteroatoms. The van der Waals surface area contributed by atoms with Gasteiger partial charge in [-0.3, -0.25) is 9.48 Å². The third kappa shape index (κ3) is 5.25. The molecule has 0 spiro atoms. The largest absolute Gasteiger partial charge is 0.356 e. The third-order valence-electron chi connectivity index (χ3n) is 5.47. The van der Waals surface area contributed by atoms with Gasteiger partial charge in [-0.1, -0.05) is 17.7 Å². The summed E-state index contributed by atoms with van der Waals surface area (Å²) < 4.78 is 29.2. The highest BCUT2D eigenvalue weighted by Crippen LogP contribution is 2.26. The Morgan fingerprint density at radius 2 is 1.97 bits per heavy atom. The molecule has 3 rings (SSSR count). The van der Waals surface area contributed by atoms with Crippen molar-refractivity contribution in [2.75, 3.05) is 19.6 Å². The number of piperidine rings is 1. The van der Waals surface area contributed by atoms with Crippen LogP contribution in [0.1, 0.15) is 36.0 Å². The quantitative estimate of drug-likeness (QED) is 0.699. The predicted octanol–water partition coefficient (Wildman–Crippen LogP) is 2.19. The minimum Gasteiger partial charge on any atom is -0.356 e. The number of amides is 1. The molecule has 1 amide bonds. The van der Waals surface area contributed by atoms with Gasteiger partial charge in [0, 0.05) is 38.8 Å². The Morgan fingerprint density at radius 1 is 1.24 bits per heavy atom. The van der Waals surface area contributed by atoms with Gasteiger partial charge < -0.3 is 5.32 Å². The highest BCUT2D eigenvalue weighted by molar-refractivity contribution is 7.89. The lowest BCUT2D eigenvalue weighted by molar-refractivity contribution is -0.126. The number of carbonyl (C=O) groups is 1. The molecular formula is C21H30N4O3S. The van der Waals surface area contributed by atoms with Crippen molar-refractivity contribution in [3.63, 3.8) is 0 Å². The fraction of sp³-hybridized carbons (Fsp3) is 0.524. The van der Waals surface area contributed by atoms with Gasteiger partial charge >= 0.3 is 0 Å². The van der Waals surface area contributed by atoms with Gasteiger partial charge in [0.15, 0.2) is 0 Å². The number of hydrogen-bond donors (Lipinski definition) is 1. The lowest BCUT2D eigenvalue weighted by atomic mass is 9.97. The van der Waals surface area contributed by atoms with Gasteiger partial charge in [-0.05, 0) is 56.7 Å². The van der Waals surface area contributed by atoms with Gasteiger partial charge in [-0.2, -0.15) is 9.40 Å². The first-order chi connectivity index (χ1) is 13.8. The summed E-state index contributed by atoms with van der Waals surface area (Å²) in [5, 5.41) is 7.13. The van der Waals surface area contributed by atoms with Crippen molar-refractivity contribution in [1.82, 2.24) is 19.4 Å². The minimum atomic E-state index is -3.51. The van der Waals surface area contributed by atoms with Crippen LogP contribution in [0.3, 0.4) is 0 Å². The zero-order valence-electron chi connectivity index (χ0n) is 17.4. The maximum Gasteiger partial charge on any atom is 0.243 e. The average molecular weight is 419 g/mol. The molecule has 158 valence electrons. The zero-order chi connectivity index (χ0) is 21.0. The normalized spacial score (nSPS) is 16.1. The Hall–Kier alpha value is -2.19. The lowest BCUT2D eigenvalue weighted by Gasteiger charge is -2.31. The number of aryl methyl sites for hydroxylation is 4. The molecule has 0 saturated carbocycles. The Bertz CT molecular complexity index is 960. The molecular weight excluding hydrogens is 388 g/mol. The molecule has 2 aromatic rings. The van der Waals surface area contributed by atoms with Gasteiger partial charge in [0.1, 0.15) is 0 Å². The lowest BCUT2D eigenvalue weighted by Crippen LogP contribution is -2.43. The first-order valence-corrected chi connectivity index (χ1v) is 11.5. The van der Waals surface area contributed by atoms with Crippen LogP contribution in [0.4, 0.5) is 0 Å². The SMILES string of the molecule is Cc1ccc(S(=O)(=O)N2CCC(C(=O)NCCCc3cnn(C)c3)CC2)c(C)c1. The maximum absolute atomic E-state index is 13.0. The van der Waals surface area contributed by atoms with E-state index >= 15 is 0 Å². The number of aromatic nitrogens is 2. The van der Waals surface area contributed by atoms with E-state index in [-0.39, 0.29) is 11.8 Å². The van der Waals surface area contributed by atoms with Crippen molar-refractivity contribution in [1.29, 1.82) is 0 Å². The molecule has 2 heterocycles. The van der Waals surface area contributed by atoms with Crippen LogP contribution in [0.15, 0.2) is 35.5 Å². The highest BCUT2D eigenvalue weighted by atomic mass is 32.2. The third-order valence-corrected chi connectivity index (χ3v) is 7.53. The van der Waals surface area contributed by atoms with E-state index in [9.17, 15) is 13.2 Å². The molecule has 1 aromatic heterocycles. The number of rotatable bonds is 7. The second kappa shape index (κ2) is 9.09. The first kappa shape index (κ1) is 21.5. The van der Waals surface area contributed by atoms with E-state index in [1.807, 2.05) is 45.4 Å². The second-order valence-corrected chi connectivity index (χ2v) is 9.77. The Balaban J connectivity index is 1.47. The van der Waals surface area contributed by atoms with Crippen molar-refractivity contribution in [2.24, 2.45) is 13.0 Å². The molecule has 1 fully saturated rings. The topological polar surface area (TPSA) is 84.3 Å². The van der Waals surface area contributed by atoms with Crippen molar-refractivity contribution in [3.05, 3.63) is 47.3 Å². The monoisotopic (exact) mass is 418 g/mol. The van der Waals surface area contributed by atoms with Crippen LogP contribution in [-0.2, 0) is 28.3 Å². The van der Waals surface area contributed by atoms with E-state index in [4.69, 9.17) is 0 Å². The summed E-state index contributed by atoms with van der Waals surface area (Å²) in [6.45, 7) is 5.15. The molecule has 0 aliphatic carbocycles. The Labute approximate surface area is 173 Å². The fourth-order valence-electron chi connectivity index (χ4n) is 3.84. The Morgan fingerprint density at radius 3 is 2.59 bits per heavy atom. The smallest absolute Gasteiger partial charge is 0.243 e. The number of sulfonamides is 1. The van der Waals surface area contributed by atoms with Crippen LogP contribution in [0.25, 0.3) is 0 Å². The summed E-state index contributed by atoms with van der Waals surface area (Å²) in [7, 11) is -1.63. The number of nitrogens with zero attached hydrogens (tertiary/aromatic N) is 3. The number of benzene rings is 1. The molecule has 29 heavy (non-hydrogen) atoms. The van der Waals surface area contributed by atoms with Crippen LogP contribution in [0, 0.1) is 19.8 Å². The van der Waals surface area contributed by atoms with Crippen LogP contribution in [-0.4, -0.2) is 48.0 Å². The van der Waals surface area contributed by atoms with Crippen molar-refractivity contribution < 1.29 is 13.2 Å². The van der Waals surface area contributed by atoms with Crippen LogP contribution >= 0.6 is 0 Å². The summed E-state index contributed by atoms with van der Waals surface area (Å²) in [5.41, 5.74) is 2.96. The van der Waals surface area contributed by atoms with Gasteiger partial charge in [0.2, 0.25) is 15.9 Å².